The predicted molar refractivity (Wildman–Crippen MR) is 149 cm³/mol. The number of hydrogen-bond donors (Lipinski definition) is 2. The molecule has 0 aromatic heterocycles. The monoisotopic (exact) mass is 526 g/mol. The Morgan fingerprint density at radius 3 is 1.32 bits per heavy atom. The number of benzene rings is 2. The highest BCUT2D eigenvalue weighted by molar-refractivity contribution is 5.70. The second kappa shape index (κ2) is 15.6. The topological polar surface area (TPSA) is 93.1 Å². The Morgan fingerprint density at radius 1 is 0.632 bits per heavy atom. The van der Waals surface area contributed by atoms with Crippen molar-refractivity contribution in [3.8, 4) is 0 Å². The van der Waals surface area contributed by atoms with Gasteiger partial charge in [0.25, 0.3) is 0 Å². The fourth-order valence-corrected chi connectivity index (χ4v) is 4.32. The average Bonchev–Trinajstić information content (AvgIpc) is 2.88. The maximum absolute atomic E-state index is 12.3. The number of ether oxygens (including phenoxy) is 2. The van der Waals surface area contributed by atoms with Crippen LogP contribution in [0.2, 0.25) is 0 Å². The molecule has 0 saturated carbocycles. The van der Waals surface area contributed by atoms with Crippen LogP contribution < -0.4 is 0 Å². The number of carbonyl (C=O) groups excluding carboxylic acids is 2. The van der Waals surface area contributed by atoms with Crippen LogP contribution in [0.25, 0.3) is 0 Å². The van der Waals surface area contributed by atoms with Crippen LogP contribution in [-0.4, -0.2) is 34.4 Å². The van der Waals surface area contributed by atoms with Gasteiger partial charge in [-0.3, -0.25) is 9.59 Å². The van der Waals surface area contributed by atoms with E-state index in [1.165, 1.54) is 0 Å². The molecule has 0 amide bonds. The lowest BCUT2D eigenvalue weighted by molar-refractivity contribution is -0.148. The summed E-state index contributed by atoms with van der Waals surface area (Å²) in [7, 11) is 0. The van der Waals surface area contributed by atoms with Crippen molar-refractivity contribution in [2.75, 3.05) is 0 Å². The Morgan fingerprint density at radius 2 is 0.974 bits per heavy atom. The van der Waals surface area contributed by atoms with Crippen LogP contribution in [0.3, 0.4) is 0 Å². The second-order valence-electron chi connectivity index (χ2n) is 11.9. The number of carbonyl (C=O) groups is 2. The van der Waals surface area contributed by atoms with E-state index in [-0.39, 0.29) is 48.8 Å². The van der Waals surface area contributed by atoms with Crippen LogP contribution >= 0.6 is 0 Å². The van der Waals surface area contributed by atoms with E-state index in [1.54, 1.807) is 0 Å². The van der Waals surface area contributed by atoms with Crippen molar-refractivity contribution in [2.45, 2.75) is 104 Å². The van der Waals surface area contributed by atoms with E-state index in [9.17, 15) is 19.8 Å². The summed E-state index contributed by atoms with van der Waals surface area (Å²) in [4.78, 5) is 24.5. The summed E-state index contributed by atoms with van der Waals surface area (Å²) in [6.45, 7) is 8.55. The normalized spacial score (nSPS) is 13.5. The first-order valence-corrected chi connectivity index (χ1v) is 13.7. The fraction of sp³-hybridized carbons (Fsp3) is 0.562. The quantitative estimate of drug-likeness (QED) is 0.233. The highest BCUT2D eigenvalue weighted by Gasteiger charge is 2.26. The van der Waals surface area contributed by atoms with Crippen molar-refractivity contribution in [3.63, 3.8) is 0 Å². The van der Waals surface area contributed by atoms with E-state index in [4.69, 9.17) is 9.47 Å². The molecule has 6 nitrogen and oxygen atoms in total. The summed E-state index contributed by atoms with van der Waals surface area (Å²) in [6, 6.07) is 19.2. The Bertz CT molecular complexity index is 875. The molecule has 38 heavy (non-hydrogen) atoms. The van der Waals surface area contributed by atoms with Crippen molar-refractivity contribution >= 4 is 11.9 Å². The minimum Gasteiger partial charge on any atom is -0.461 e. The van der Waals surface area contributed by atoms with Gasteiger partial charge in [0.1, 0.15) is 13.2 Å². The summed E-state index contributed by atoms with van der Waals surface area (Å²) >= 11 is 0. The van der Waals surface area contributed by atoms with Crippen LogP contribution in [-0.2, 0) is 32.3 Å². The Balaban J connectivity index is 1.60. The number of aliphatic hydroxyl groups is 2. The standard InChI is InChI=1S/C32H46O6/c1-31(2,21-29(35)37-23-25-11-7-5-8-12-25)19-17-27(33)15-16-28(34)18-20-32(3,4)22-30(36)38-24-26-13-9-6-10-14-26/h5-14,27-28,33-34H,15-24H2,1-4H3. The summed E-state index contributed by atoms with van der Waals surface area (Å²) < 4.78 is 10.8. The van der Waals surface area contributed by atoms with Crippen molar-refractivity contribution in [2.24, 2.45) is 10.8 Å². The van der Waals surface area contributed by atoms with Gasteiger partial charge in [-0.1, -0.05) is 88.4 Å². The van der Waals surface area contributed by atoms with Crippen LogP contribution in [0.15, 0.2) is 60.7 Å². The Kier molecular flexibility index (Phi) is 13.0. The molecule has 0 spiro atoms. The Labute approximate surface area is 228 Å². The van der Waals surface area contributed by atoms with Gasteiger partial charge in [-0.2, -0.15) is 0 Å². The number of rotatable bonds is 17. The summed E-state index contributed by atoms with van der Waals surface area (Å²) in [5.41, 5.74) is 1.34. The van der Waals surface area contributed by atoms with Gasteiger partial charge < -0.3 is 19.7 Å². The lowest BCUT2D eigenvalue weighted by Crippen LogP contribution is -2.23. The Hall–Kier alpha value is -2.70. The first-order chi connectivity index (χ1) is 17.9. The smallest absolute Gasteiger partial charge is 0.306 e. The molecule has 2 rings (SSSR count). The number of hydrogen-bond acceptors (Lipinski definition) is 6. The molecule has 0 bridgehead atoms. The summed E-state index contributed by atoms with van der Waals surface area (Å²) in [5, 5.41) is 20.9. The van der Waals surface area contributed by atoms with Gasteiger partial charge in [-0.25, -0.2) is 0 Å². The number of esters is 2. The molecular weight excluding hydrogens is 480 g/mol. The molecule has 210 valence electrons. The SMILES string of the molecule is CC(C)(CCC(O)CCC(O)CCC(C)(C)CC(=O)OCc1ccccc1)CC(=O)OCc1ccccc1. The third kappa shape index (κ3) is 13.7. The van der Waals surface area contributed by atoms with Crippen LogP contribution in [0, 0.1) is 10.8 Å². The molecule has 2 aromatic carbocycles. The van der Waals surface area contributed by atoms with Crippen molar-refractivity contribution < 1.29 is 29.3 Å². The first kappa shape index (κ1) is 31.5. The maximum Gasteiger partial charge on any atom is 0.306 e. The van der Waals surface area contributed by atoms with Gasteiger partial charge in [0.05, 0.1) is 25.0 Å². The van der Waals surface area contributed by atoms with E-state index in [0.29, 0.717) is 38.5 Å². The van der Waals surface area contributed by atoms with Gasteiger partial charge in [0.2, 0.25) is 0 Å². The van der Waals surface area contributed by atoms with Gasteiger partial charge in [0.15, 0.2) is 0 Å². The molecule has 0 heterocycles. The molecule has 0 aliphatic carbocycles. The minimum absolute atomic E-state index is 0.240. The first-order valence-electron chi connectivity index (χ1n) is 13.7. The second-order valence-corrected chi connectivity index (χ2v) is 11.9. The van der Waals surface area contributed by atoms with Crippen molar-refractivity contribution in [1.82, 2.24) is 0 Å². The van der Waals surface area contributed by atoms with Gasteiger partial charge in [0, 0.05) is 0 Å². The highest BCUT2D eigenvalue weighted by Crippen LogP contribution is 2.31. The van der Waals surface area contributed by atoms with E-state index >= 15 is 0 Å². The third-order valence-electron chi connectivity index (χ3n) is 6.87. The average molecular weight is 527 g/mol. The molecule has 2 aromatic rings. The van der Waals surface area contributed by atoms with Crippen molar-refractivity contribution in [3.05, 3.63) is 71.8 Å². The molecule has 2 atom stereocenters. The largest absolute Gasteiger partial charge is 0.461 e. The molecule has 2 N–H and O–H groups in total. The molecule has 6 heteroatoms. The lowest BCUT2D eigenvalue weighted by atomic mass is 9.82. The van der Waals surface area contributed by atoms with E-state index in [1.807, 2.05) is 88.4 Å². The molecule has 0 aliphatic heterocycles. The molecule has 0 fully saturated rings. The van der Waals surface area contributed by atoms with Gasteiger partial charge >= 0.3 is 11.9 Å². The summed E-state index contributed by atoms with van der Waals surface area (Å²) in [5.74, 6) is -0.481. The fourth-order valence-electron chi connectivity index (χ4n) is 4.32. The zero-order valence-electron chi connectivity index (χ0n) is 23.5. The third-order valence-corrected chi connectivity index (χ3v) is 6.87. The van der Waals surface area contributed by atoms with Crippen LogP contribution in [0.5, 0.6) is 0 Å². The van der Waals surface area contributed by atoms with Crippen LogP contribution in [0.1, 0.15) is 90.2 Å². The van der Waals surface area contributed by atoms with E-state index in [0.717, 1.165) is 11.1 Å². The van der Waals surface area contributed by atoms with E-state index in [2.05, 4.69) is 0 Å². The predicted octanol–water partition coefficient (Wildman–Crippen LogP) is 6.37. The zero-order chi connectivity index (χ0) is 28.0. The minimum atomic E-state index is -0.537. The number of aliphatic hydroxyl groups excluding tert-OH is 2. The van der Waals surface area contributed by atoms with Crippen molar-refractivity contribution in [1.29, 1.82) is 0 Å². The molecule has 0 radical (unpaired) electrons. The maximum atomic E-state index is 12.3. The highest BCUT2D eigenvalue weighted by atomic mass is 16.5. The van der Waals surface area contributed by atoms with Crippen LogP contribution in [0.4, 0.5) is 0 Å². The van der Waals surface area contributed by atoms with E-state index < -0.39 is 12.2 Å². The molecular formula is C32H46O6. The van der Waals surface area contributed by atoms with Gasteiger partial charge in [-0.15, -0.1) is 0 Å². The molecule has 2 unspecified atom stereocenters. The van der Waals surface area contributed by atoms with Gasteiger partial charge in [-0.05, 0) is 60.5 Å². The zero-order valence-corrected chi connectivity index (χ0v) is 23.5. The molecule has 0 saturated heterocycles. The summed E-state index contributed by atoms with van der Waals surface area (Å²) in [6.07, 6.45) is 2.98. The molecule has 0 aliphatic rings. The lowest BCUT2D eigenvalue weighted by Gasteiger charge is -2.26.